The summed E-state index contributed by atoms with van der Waals surface area (Å²) in [6.45, 7) is 4.14. The predicted molar refractivity (Wildman–Crippen MR) is 66.1 cm³/mol. The van der Waals surface area contributed by atoms with Crippen LogP contribution in [0.5, 0.6) is 0 Å². The first-order chi connectivity index (χ1) is 7.44. The lowest BCUT2D eigenvalue weighted by atomic mass is 10.2. The molecule has 1 atom stereocenters. The highest BCUT2D eigenvalue weighted by Crippen LogP contribution is 2.06. The molecule has 5 heteroatoms. The van der Waals surface area contributed by atoms with E-state index in [1.54, 1.807) is 6.92 Å². The van der Waals surface area contributed by atoms with Gasteiger partial charge in [-0.05, 0) is 19.1 Å². The smallest absolute Gasteiger partial charge is 0.151 e. The zero-order valence-corrected chi connectivity index (χ0v) is 10.7. The van der Waals surface area contributed by atoms with Gasteiger partial charge >= 0.3 is 0 Å². The van der Waals surface area contributed by atoms with E-state index in [2.05, 4.69) is 0 Å². The van der Waals surface area contributed by atoms with Crippen molar-refractivity contribution >= 4 is 9.84 Å². The number of nitrogens with zero attached hydrogens (tertiary/aromatic N) is 1. The van der Waals surface area contributed by atoms with Gasteiger partial charge in [0, 0.05) is 36.7 Å². The molecule has 0 spiro atoms. The van der Waals surface area contributed by atoms with E-state index in [9.17, 15) is 8.42 Å². The van der Waals surface area contributed by atoms with E-state index in [-0.39, 0.29) is 17.5 Å². The van der Waals surface area contributed by atoms with Crippen molar-refractivity contribution < 1.29 is 8.42 Å². The normalized spacial score (nSPS) is 13.9. The van der Waals surface area contributed by atoms with Gasteiger partial charge < -0.3 is 10.3 Å². The number of sulfone groups is 1. The first-order valence-electron chi connectivity index (χ1n) is 5.54. The summed E-state index contributed by atoms with van der Waals surface area (Å²) in [5.74, 6) is 0.404. The van der Waals surface area contributed by atoms with Crippen molar-refractivity contribution in [2.75, 3.05) is 11.5 Å². The van der Waals surface area contributed by atoms with Gasteiger partial charge in [0.2, 0.25) is 0 Å². The Balaban J connectivity index is 2.64. The Morgan fingerprint density at radius 2 is 2.19 bits per heavy atom. The molecule has 0 bridgehead atoms. The molecule has 0 aliphatic heterocycles. The van der Waals surface area contributed by atoms with Crippen molar-refractivity contribution in [3.8, 4) is 0 Å². The van der Waals surface area contributed by atoms with Crippen molar-refractivity contribution in [1.29, 1.82) is 0 Å². The second kappa shape index (κ2) is 5.50. The Bertz CT molecular complexity index is 421. The maximum absolute atomic E-state index is 11.4. The highest BCUT2D eigenvalue weighted by molar-refractivity contribution is 7.91. The fraction of sp³-hybridized carbons (Fsp3) is 0.636. The van der Waals surface area contributed by atoms with E-state index >= 15 is 0 Å². The van der Waals surface area contributed by atoms with E-state index in [0.717, 1.165) is 12.1 Å². The largest absolute Gasteiger partial charge is 0.350 e. The van der Waals surface area contributed by atoms with Gasteiger partial charge in [-0.15, -0.1) is 0 Å². The minimum Gasteiger partial charge on any atom is -0.350 e. The molecule has 0 saturated carbocycles. The van der Waals surface area contributed by atoms with Crippen LogP contribution in [0.4, 0.5) is 0 Å². The number of nitrogens with two attached hydrogens (primary N) is 1. The molecule has 16 heavy (non-hydrogen) atoms. The molecule has 2 N–H and O–H groups in total. The molecule has 0 radical (unpaired) electrons. The highest BCUT2D eigenvalue weighted by Gasteiger charge is 2.09. The van der Waals surface area contributed by atoms with E-state index in [1.807, 2.05) is 29.8 Å². The summed E-state index contributed by atoms with van der Waals surface area (Å²) in [7, 11) is -2.89. The molecule has 1 aromatic rings. The number of aromatic nitrogens is 1. The molecule has 1 unspecified atom stereocenters. The third-order valence-electron chi connectivity index (χ3n) is 2.54. The molecule has 0 amide bonds. The molecular weight excluding hydrogens is 224 g/mol. The number of aryl methyl sites for hydroxylation is 1. The zero-order valence-electron chi connectivity index (χ0n) is 9.89. The third-order valence-corrected chi connectivity index (χ3v) is 4.22. The van der Waals surface area contributed by atoms with Gasteiger partial charge in [0.05, 0.1) is 5.75 Å². The fourth-order valence-electron chi connectivity index (χ4n) is 1.56. The summed E-state index contributed by atoms with van der Waals surface area (Å²) in [6.07, 6.45) is 2.68. The summed E-state index contributed by atoms with van der Waals surface area (Å²) in [5, 5.41) is 0. The van der Waals surface area contributed by atoms with Gasteiger partial charge in [0.25, 0.3) is 0 Å². The monoisotopic (exact) mass is 244 g/mol. The van der Waals surface area contributed by atoms with Crippen LogP contribution in [-0.4, -0.2) is 30.5 Å². The molecule has 1 rings (SSSR count). The van der Waals surface area contributed by atoms with E-state index < -0.39 is 9.84 Å². The van der Waals surface area contributed by atoms with E-state index in [4.69, 9.17) is 5.73 Å². The number of hydrogen-bond acceptors (Lipinski definition) is 3. The van der Waals surface area contributed by atoms with Crippen LogP contribution in [0.25, 0.3) is 0 Å². The summed E-state index contributed by atoms with van der Waals surface area (Å²) in [4.78, 5) is 0. The SMILES string of the molecule is CCS(=O)(=O)CCn1cccc1CC(C)N. The molecule has 4 nitrogen and oxygen atoms in total. The molecule has 1 heterocycles. The second-order valence-corrected chi connectivity index (χ2v) is 6.58. The summed E-state index contributed by atoms with van der Waals surface area (Å²) >= 11 is 0. The number of hydrogen-bond donors (Lipinski definition) is 1. The van der Waals surface area contributed by atoms with Crippen LogP contribution in [0.15, 0.2) is 18.3 Å². The minimum atomic E-state index is -2.89. The molecule has 0 saturated heterocycles. The lowest BCUT2D eigenvalue weighted by molar-refractivity contribution is 0.586. The van der Waals surface area contributed by atoms with Gasteiger partial charge in [0.15, 0.2) is 9.84 Å². The molecule has 0 aromatic carbocycles. The first-order valence-corrected chi connectivity index (χ1v) is 7.37. The Morgan fingerprint density at radius 3 is 2.75 bits per heavy atom. The van der Waals surface area contributed by atoms with Crippen LogP contribution in [0, 0.1) is 0 Å². The average molecular weight is 244 g/mol. The first kappa shape index (κ1) is 13.3. The van der Waals surface area contributed by atoms with Gasteiger partial charge in [-0.3, -0.25) is 0 Å². The second-order valence-electron chi connectivity index (χ2n) is 4.11. The third kappa shape index (κ3) is 3.98. The Morgan fingerprint density at radius 1 is 1.50 bits per heavy atom. The molecule has 0 aliphatic rings. The maximum atomic E-state index is 11.4. The van der Waals surface area contributed by atoms with Gasteiger partial charge in [-0.2, -0.15) is 0 Å². The van der Waals surface area contributed by atoms with E-state index in [0.29, 0.717) is 6.54 Å². The van der Waals surface area contributed by atoms with Crippen molar-refractivity contribution in [3.63, 3.8) is 0 Å². The minimum absolute atomic E-state index is 0.0939. The van der Waals surface area contributed by atoms with Crippen molar-refractivity contribution in [2.24, 2.45) is 5.73 Å². The van der Waals surface area contributed by atoms with Gasteiger partial charge in [-0.1, -0.05) is 6.92 Å². The zero-order chi connectivity index (χ0) is 12.2. The average Bonchev–Trinajstić information content (AvgIpc) is 2.62. The summed E-state index contributed by atoms with van der Waals surface area (Å²) < 4.78 is 24.7. The van der Waals surface area contributed by atoms with Crippen LogP contribution in [0.1, 0.15) is 19.5 Å². The lowest BCUT2D eigenvalue weighted by Gasteiger charge is -2.10. The Hall–Kier alpha value is -0.810. The molecule has 1 aromatic heterocycles. The Labute approximate surface area is 97.4 Å². The molecule has 0 aliphatic carbocycles. The molecule has 0 fully saturated rings. The van der Waals surface area contributed by atoms with Crippen LogP contribution in [-0.2, 0) is 22.8 Å². The van der Waals surface area contributed by atoms with E-state index in [1.165, 1.54) is 0 Å². The van der Waals surface area contributed by atoms with Crippen molar-refractivity contribution in [1.82, 2.24) is 4.57 Å². The van der Waals surface area contributed by atoms with Crippen LogP contribution >= 0.6 is 0 Å². The van der Waals surface area contributed by atoms with Crippen LogP contribution in [0.2, 0.25) is 0 Å². The van der Waals surface area contributed by atoms with Gasteiger partial charge in [0.1, 0.15) is 0 Å². The standard InChI is InChI=1S/C11H20N2O2S/c1-3-16(14,15)8-7-13-6-4-5-11(13)9-10(2)12/h4-6,10H,3,7-9,12H2,1-2H3. The van der Waals surface area contributed by atoms with Crippen molar-refractivity contribution in [2.45, 2.75) is 32.9 Å². The van der Waals surface area contributed by atoms with Crippen molar-refractivity contribution in [3.05, 3.63) is 24.0 Å². The Kier molecular flexibility index (Phi) is 4.56. The quantitative estimate of drug-likeness (QED) is 0.805. The van der Waals surface area contributed by atoms with Crippen LogP contribution < -0.4 is 5.73 Å². The highest BCUT2D eigenvalue weighted by atomic mass is 32.2. The fourth-order valence-corrected chi connectivity index (χ4v) is 2.33. The predicted octanol–water partition coefficient (Wildman–Crippen LogP) is 0.812. The maximum Gasteiger partial charge on any atom is 0.151 e. The van der Waals surface area contributed by atoms with Gasteiger partial charge in [-0.25, -0.2) is 8.42 Å². The topological polar surface area (TPSA) is 65.1 Å². The summed E-state index contributed by atoms with van der Waals surface area (Å²) in [5.41, 5.74) is 6.83. The lowest BCUT2D eigenvalue weighted by Crippen LogP contribution is -2.21. The molecular formula is C11H20N2O2S. The number of rotatable bonds is 6. The summed E-state index contributed by atoms with van der Waals surface area (Å²) in [6, 6.07) is 4.01. The molecule has 92 valence electrons. The van der Waals surface area contributed by atoms with Crippen LogP contribution in [0.3, 0.4) is 0 Å².